The average Bonchev–Trinajstić information content (AvgIpc) is 2.85. The van der Waals surface area contributed by atoms with Gasteiger partial charge in [0.1, 0.15) is 0 Å². The number of nitrogens with one attached hydrogen (secondary N) is 1. The molecule has 1 aliphatic heterocycles. The van der Waals surface area contributed by atoms with E-state index in [1.807, 2.05) is 0 Å². The third kappa shape index (κ3) is 3.34. The number of alkyl halides is 4. The van der Waals surface area contributed by atoms with Gasteiger partial charge in [-0.15, -0.1) is 0 Å². The van der Waals surface area contributed by atoms with Crippen molar-refractivity contribution in [1.82, 2.24) is 10.2 Å². The lowest BCUT2D eigenvalue weighted by Gasteiger charge is -2.26. The number of halogens is 4. The van der Waals surface area contributed by atoms with Crippen molar-refractivity contribution < 1.29 is 22.4 Å². The molecule has 0 saturated carbocycles. The van der Waals surface area contributed by atoms with E-state index in [4.69, 9.17) is 0 Å². The lowest BCUT2D eigenvalue weighted by atomic mass is 10.0. The maximum absolute atomic E-state index is 14.3. The summed E-state index contributed by atoms with van der Waals surface area (Å²) < 4.78 is 53.0. The highest BCUT2D eigenvalue weighted by molar-refractivity contribution is 5.85. The van der Waals surface area contributed by atoms with Gasteiger partial charge in [-0.2, -0.15) is 13.2 Å². The molecule has 7 heteroatoms. The van der Waals surface area contributed by atoms with Crippen molar-refractivity contribution in [2.75, 3.05) is 20.1 Å². The number of hydrogen-bond acceptors (Lipinski definition) is 2. The third-order valence-corrected chi connectivity index (χ3v) is 3.56. The van der Waals surface area contributed by atoms with Gasteiger partial charge in [0.25, 0.3) is 5.91 Å². The topological polar surface area (TPSA) is 32.3 Å². The minimum atomic E-state index is -4.50. The third-order valence-electron chi connectivity index (χ3n) is 3.56. The van der Waals surface area contributed by atoms with E-state index in [2.05, 4.69) is 5.32 Å². The molecule has 1 aromatic rings. The highest BCUT2D eigenvalue weighted by Crippen LogP contribution is 2.32. The first-order chi connectivity index (χ1) is 9.74. The molecule has 1 N–H and O–H groups in total. The van der Waals surface area contributed by atoms with E-state index in [0.29, 0.717) is 6.54 Å². The van der Waals surface area contributed by atoms with E-state index in [0.717, 1.165) is 11.0 Å². The molecule has 116 valence electrons. The molecule has 1 aliphatic rings. The predicted octanol–water partition coefficient (Wildman–Crippen LogP) is 2.37. The van der Waals surface area contributed by atoms with Crippen molar-refractivity contribution in [1.29, 1.82) is 0 Å². The van der Waals surface area contributed by atoms with Crippen LogP contribution in [0.1, 0.15) is 17.5 Å². The van der Waals surface area contributed by atoms with Crippen LogP contribution in [0.3, 0.4) is 0 Å². The fraction of sp³-hybridized carbons (Fsp3) is 0.500. The van der Waals surface area contributed by atoms with Gasteiger partial charge in [0.2, 0.25) is 5.67 Å². The van der Waals surface area contributed by atoms with Crippen LogP contribution in [0.2, 0.25) is 0 Å². The fourth-order valence-electron chi connectivity index (χ4n) is 2.45. The lowest BCUT2D eigenvalue weighted by Crippen LogP contribution is -2.45. The van der Waals surface area contributed by atoms with Crippen LogP contribution < -0.4 is 5.32 Å². The van der Waals surface area contributed by atoms with Crippen molar-refractivity contribution in [2.24, 2.45) is 0 Å². The molecule has 0 aliphatic carbocycles. The molecule has 21 heavy (non-hydrogen) atoms. The first kappa shape index (κ1) is 15.8. The number of nitrogens with zero attached hydrogens (tertiary/aromatic N) is 1. The van der Waals surface area contributed by atoms with Crippen LogP contribution >= 0.6 is 0 Å². The van der Waals surface area contributed by atoms with E-state index in [-0.39, 0.29) is 25.1 Å². The molecule has 1 fully saturated rings. The van der Waals surface area contributed by atoms with Crippen molar-refractivity contribution in [3.63, 3.8) is 0 Å². The molecule has 1 saturated heterocycles. The molecular weight excluding hydrogens is 288 g/mol. The second-order valence-corrected chi connectivity index (χ2v) is 5.21. The molecular formula is C14H16F4N2O. The Hall–Kier alpha value is -1.63. The van der Waals surface area contributed by atoms with Gasteiger partial charge in [0, 0.05) is 26.6 Å². The Bertz CT molecular complexity index is 524. The number of carbonyl (C=O) groups is 1. The van der Waals surface area contributed by atoms with Crippen molar-refractivity contribution in [3.05, 3.63) is 35.4 Å². The van der Waals surface area contributed by atoms with Crippen LogP contribution in [0.25, 0.3) is 0 Å². The Morgan fingerprint density at radius 1 is 1.38 bits per heavy atom. The van der Waals surface area contributed by atoms with E-state index in [9.17, 15) is 22.4 Å². The predicted molar refractivity (Wildman–Crippen MR) is 69.2 cm³/mol. The average molecular weight is 304 g/mol. The zero-order chi connectivity index (χ0) is 15.7. The molecule has 3 nitrogen and oxygen atoms in total. The van der Waals surface area contributed by atoms with Crippen LogP contribution in [0.5, 0.6) is 0 Å². The molecule has 0 radical (unpaired) electrons. The second kappa shape index (κ2) is 5.63. The standard InChI is InChI=1S/C14H16F4N2O/c1-20(12(21)13(15)6-7-19-9-13)8-10-4-2-3-5-11(10)14(16,17)18/h2-5,19H,6-9H2,1H3/t13-/m1/s1. The summed E-state index contributed by atoms with van der Waals surface area (Å²) in [5.74, 6) is -0.788. The smallest absolute Gasteiger partial charge is 0.339 e. The largest absolute Gasteiger partial charge is 0.416 e. The van der Waals surface area contributed by atoms with E-state index in [1.165, 1.54) is 25.2 Å². The molecule has 1 amide bonds. The monoisotopic (exact) mass is 304 g/mol. The quantitative estimate of drug-likeness (QED) is 0.870. The maximum atomic E-state index is 14.3. The molecule has 0 bridgehead atoms. The molecule has 0 unspecified atom stereocenters. The zero-order valence-electron chi connectivity index (χ0n) is 11.5. The van der Waals surface area contributed by atoms with E-state index < -0.39 is 23.3 Å². The summed E-state index contributed by atoms with van der Waals surface area (Å²) >= 11 is 0. The van der Waals surface area contributed by atoms with E-state index >= 15 is 0 Å². The number of rotatable bonds is 3. The number of amides is 1. The molecule has 1 aromatic carbocycles. The SMILES string of the molecule is CN(Cc1ccccc1C(F)(F)F)C(=O)[C@@]1(F)CCNC1. The van der Waals surface area contributed by atoms with Gasteiger partial charge in [-0.1, -0.05) is 18.2 Å². The molecule has 2 rings (SSSR count). The minimum Gasteiger partial charge on any atom is -0.339 e. The summed E-state index contributed by atoms with van der Waals surface area (Å²) in [7, 11) is 1.31. The van der Waals surface area contributed by atoms with Gasteiger partial charge >= 0.3 is 6.18 Å². The first-order valence-electron chi connectivity index (χ1n) is 6.54. The van der Waals surface area contributed by atoms with Gasteiger partial charge in [0.05, 0.1) is 5.56 Å². The fourth-order valence-corrected chi connectivity index (χ4v) is 2.45. The van der Waals surface area contributed by atoms with Crippen LogP contribution in [-0.4, -0.2) is 36.6 Å². The molecule has 0 aromatic heterocycles. The van der Waals surface area contributed by atoms with Gasteiger partial charge in [-0.25, -0.2) is 4.39 Å². The van der Waals surface area contributed by atoms with Crippen molar-refractivity contribution >= 4 is 5.91 Å². The number of benzene rings is 1. The van der Waals surface area contributed by atoms with Crippen molar-refractivity contribution in [2.45, 2.75) is 24.8 Å². The Balaban J connectivity index is 2.17. The van der Waals surface area contributed by atoms with Crippen LogP contribution in [0.4, 0.5) is 17.6 Å². The van der Waals surface area contributed by atoms with Gasteiger partial charge in [-0.3, -0.25) is 4.79 Å². The molecule has 0 spiro atoms. The normalized spacial score (nSPS) is 22.3. The van der Waals surface area contributed by atoms with E-state index in [1.54, 1.807) is 0 Å². The van der Waals surface area contributed by atoms with Gasteiger partial charge < -0.3 is 10.2 Å². The van der Waals surface area contributed by atoms with Gasteiger partial charge in [0.15, 0.2) is 0 Å². The minimum absolute atomic E-state index is 0.0388. The Morgan fingerprint density at radius 2 is 2.05 bits per heavy atom. The number of carbonyl (C=O) groups excluding carboxylic acids is 1. The second-order valence-electron chi connectivity index (χ2n) is 5.21. The summed E-state index contributed by atoms with van der Waals surface area (Å²) in [6.45, 7) is 0.00644. The molecule has 1 heterocycles. The summed E-state index contributed by atoms with van der Waals surface area (Å²) in [4.78, 5) is 13.1. The number of hydrogen-bond donors (Lipinski definition) is 1. The van der Waals surface area contributed by atoms with Crippen molar-refractivity contribution in [3.8, 4) is 0 Å². The highest BCUT2D eigenvalue weighted by atomic mass is 19.4. The Kier molecular flexibility index (Phi) is 4.22. The van der Waals surface area contributed by atoms with Crippen LogP contribution in [0, 0.1) is 0 Å². The Labute approximate surface area is 119 Å². The van der Waals surface area contributed by atoms with Crippen LogP contribution in [-0.2, 0) is 17.5 Å². The molecule has 1 atom stereocenters. The summed E-state index contributed by atoms with van der Waals surface area (Å²) in [5.41, 5.74) is -2.88. The summed E-state index contributed by atoms with van der Waals surface area (Å²) in [5, 5.41) is 2.75. The van der Waals surface area contributed by atoms with Gasteiger partial charge in [-0.05, 0) is 18.2 Å². The summed E-state index contributed by atoms with van der Waals surface area (Å²) in [6.07, 6.45) is -4.46. The maximum Gasteiger partial charge on any atom is 0.416 e. The zero-order valence-corrected chi connectivity index (χ0v) is 11.5. The Morgan fingerprint density at radius 3 is 2.62 bits per heavy atom. The van der Waals surface area contributed by atoms with Crippen LogP contribution in [0.15, 0.2) is 24.3 Å². The first-order valence-corrected chi connectivity index (χ1v) is 6.54. The summed E-state index contributed by atoms with van der Waals surface area (Å²) in [6, 6.07) is 5.00. The highest BCUT2D eigenvalue weighted by Gasteiger charge is 2.43. The lowest BCUT2D eigenvalue weighted by molar-refractivity contribution is -0.144.